The van der Waals surface area contributed by atoms with Gasteiger partial charge in [0, 0.05) is 10.7 Å². The fourth-order valence-electron chi connectivity index (χ4n) is 2.39. The molecule has 3 rings (SSSR count). The number of halogens is 1. The molecule has 2 aromatic carbocycles. The van der Waals surface area contributed by atoms with Gasteiger partial charge < -0.3 is 5.32 Å². The molecule has 118 valence electrons. The molecule has 0 aliphatic heterocycles. The van der Waals surface area contributed by atoms with Crippen LogP contribution in [0.5, 0.6) is 0 Å². The van der Waals surface area contributed by atoms with Crippen LogP contribution >= 0.6 is 11.6 Å². The Kier molecular flexibility index (Phi) is 4.05. The Labute approximate surface area is 139 Å². The fraction of sp³-hybridized carbons (Fsp3) is 0.235. The first-order valence-electron chi connectivity index (χ1n) is 7.30. The van der Waals surface area contributed by atoms with Gasteiger partial charge in [-0.2, -0.15) is 0 Å². The molecule has 3 aromatic rings. The van der Waals surface area contributed by atoms with E-state index in [0.717, 1.165) is 27.7 Å². The van der Waals surface area contributed by atoms with Gasteiger partial charge in [-0.15, -0.1) is 5.10 Å². The number of hydrogen-bond donors (Lipinski definition) is 1. The first-order valence-corrected chi connectivity index (χ1v) is 7.68. The maximum absolute atomic E-state index is 12.3. The highest BCUT2D eigenvalue weighted by atomic mass is 35.5. The molecule has 6 heteroatoms. The summed E-state index contributed by atoms with van der Waals surface area (Å²) in [6.07, 6.45) is 0. The van der Waals surface area contributed by atoms with Crippen LogP contribution in [0.15, 0.2) is 30.3 Å². The van der Waals surface area contributed by atoms with Crippen LogP contribution in [0, 0.1) is 20.8 Å². The zero-order chi connectivity index (χ0) is 16.6. The summed E-state index contributed by atoms with van der Waals surface area (Å²) in [6, 6.07) is 9.38. The van der Waals surface area contributed by atoms with Gasteiger partial charge in [-0.3, -0.25) is 4.79 Å². The first kappa shape index (κ1) is 15.5. The lowest BCUT2D eigenvalue weighted by atomic mass is 10.1. The van der Waals surface area contributed by atoms with E-state index in [1.165, 1.54) is 0 Å². The predicted molar refractivity (Wildman–Crippen MR) is 91.8 cm³/mol. The SMILES string of the molecule is Cc1cc2nnn(CC(=O)Nc3cc(Cl)ccc3C)c2cc1C. The molecule has 0 fully saturated rings. The van der Waals surface area contributed by atoms with Crippen LogP contribution in [0.4, 0.5) is 5.69 Å². The van der Waals surface area contributed by atoms with Crippen LogP contribution in [0.2, 0.25) is 5.02 Å². The van der Waals surface area contributed by atoms with Crippen LogP contribution in [-0.4, -0.2) is 20.9 Å². The van der Waals surface area contributed by atoms with Gasteiger partial charge in [0.2, 0.25) is 5.91 Å². The minimum absolute atomic E-state index is 0.102. The van der Waals surface area contributed by atoms with E-state index in [0.29, 0.717) is 10.7 Å². The molecule has 0 aliphatic rings. The number of aryl methyl sites for hydroxylation is 3. The molecule has 1 N–H and O–H groups in total. The molecular weight excluding hydrogens is 312 g/mol. The quantitative estimate of drug-likeness (QED) is 0.798. The second-order valence-electron chi connectivity index (χ2n) is 5.68. The molecule has 0 radical (unpaired) electrons. The van der Waals surface area contributed by atoms with E-state index in [1.807, 2.05) is 39.0 Å². The first-order chi connectivity index (χ1) is 10.9. The topological polar surface area (TPSA) is 59.8 Å². The zero-order valence-corrected chi connectivity index (χ0v) is 14.0. The van der Waals surface area contributed by atoms with Crippen LogP contribution in [-0.2, 0) is 11.3 Å². The van der Waals surface area contributed by atoms with Crippen molar-refractivity contribution in [3.8, 4) is 0 Å². The van der Waals surface area contributed by atoms with E-state index in [2.05, 4.69) is 15.6 Å². The van der Waals surface area contributed by atoms with Crippen molar-refractivity contribution >= 4 is 34.2 Å². The smallest absolute Gasteiger partial charge is 0.246 e. The number of fused-ring (bicyclic) bond motifs is 1. The summed E-state index contributed by atoms with van der Waals surface area (Å²) in [5.41, 5.74) is 5.61. The number of hydrogen-bond acceptors (Lipinski definition) is 3. The molecule has 0 saturated heterocycles. The highest BCUT2D eigenvalue weighted by molar-refractivity contribution is 6.31. The third-order valence-electron chi connectivity index (χ3n) is 3.90. The number of benzene rings is 2. The number of rotatable bonds is 3. The average molecular weight is 329 g/mol. The summed E-state index contributed by atoms with van der Waals surface area (Å²) in [5, 5.41) is 11.7. The van der Waals surface area contributed by atoms with E-state index in [1.54, 1.807) is 16.8 Å². The highest BCUT2D eigenvalue weighted by Gasteiger charge is 2.11. The highest BCUT2D eigenvalue weighted by Crippen LogP contribution is 2.21. The molecule has 0 saturated carbocycles. The summed E-state index contributed by atoms with van der Waals surface area (Å²) in [5.74, 6) is -0.166. The number of carbonyl (C=O) groups excluding carboxylic acids is 1. The number of aromatic nitrogens is 3. The van der Waals surface area contributed by atoms with Crippen molar-refractivity contribution in [2.24, 2.45) is 0 Å². The predicted octanol–water partition coefficient (Wildman–Crippen LogP) is 3.65. The number of nitrogens with zero attached hydrogens (tertiary/aromatic N) is 3. The zero-order valence-electron chi connectivity index (χ0n) is 13.2. The van der Waals surface area contributed by atoms with E-state index in [4.69, 9.17) is 11.6 Å². The van der Waals surface area contributed by atoms with Crippen LogP contribution < -0.4 is 5.32 Å². The van der Waals surface area contributed by atoms with Crippen molar-refractivity contribution in [2.75, 3.05) is 5.32 Å². The lowest BCUT2D eigenvalue weighted by Crippen LogP contribution is -2.20. The normalized spacial score (nSPS) is 11.0. The second-order valence-corrected chi connectivity index (χ2v) is 6.12. The monoisotopic (exact) mass is 328 g/mol. The molecule has 0 bridgehead atoms. The van der Waals surface area contributed by atoms with Crippen LogP contribution in [0.3, 0.4) is 0 Å². The third-order valence-corrected chi connectivity index (χ3v) is 4.13. The Morgan fingerprint density at radius 3 is 2.65 bits per heavy atom. The minimum Gasteiger partial charge on any atom is -0.324 e. The van der Waals surface area contributed by atoms with Gasteiger partial charge in [-0.25, -0.2) is 4.68 Å². The maximum Gasteiger partial charge on any atom is 0.246 e. The Bertz CT molecular complexity index is 901. The molecule has 23 heavy (non-hydrogen) atoms. The summed E-state index contributed by atoms with van der Waals surface area (Å²) < 4.78 is 1.61. The Hall–Kier alpha value is -2.40. The Balaban J connectivity index is 1.83. The van der Waals surface area contributed by atoms with E-state index in [-0.39, 0.29) is 12.5 Å². The minimum atomic E-state index is -0.166. The molecule has 0 atom stereocenters. The fourth-order valence-corrected chi connectivity index (χ4v) is 2.57. The molecule has 0 spiro atoms. The molecule has 1 amide bonds. The molecule has 5 nitrogen and oxygen atoms in total. The standard InChI is InChI=1S/C17H17ClN4O/c1-10-4-5-13(18)8-14(10)19-17(23)9-22-16-7-12(3)11(2)6-15(16)20-21-22/h4-8H,9H2,1-3H3,(H,19,23). The van der Waals surface area contributed by atoms with Crippen molar-refractivity contribution in [3.05, 3.63) is 52.0 Å². The summed E-state index contributed by atoms with van der Waals surface area (Å²) in [4.78, 5) is 12.3. The largest absolute Gasteiger partial charge is 0.324 e. The molecule has 1 aromatic heterocycles. The molecular formula is C17H17ClN4O. The van der Waals surface area contributed by atoms with Crippen LogP contribution in [0.25, 0.3) is 11.0 Å². The van der Waals surface area contributed by atoms with Gasteiger partial charge in [0.25, 0.3) is 0 Å². The van der Waals surface area contributed by atoms with E-state index < -0.39 is 0 Å². The van der Waals surface area contributed by atoms with Crippen molar-refractivity contribution in [3.63, 3.8) is 0 Å². The Morgan fingerprint density at radius 2 is 1.87 bits per heavy atom. The van der Waals surface area contributed by atoms with E-state index >= 15 is 0 Å². The van der Waals surface area contributed by atoms with Crippen molar-refractivity contribution < 1.29 is 4.79 Å². The lowest BCUT2D eigenvalue weighted by Gasteiger charge is -2.09. The summed E-state index contributed by atoms with van der Waals surface area (Å²) >= 11 is 5.97. The van der Waals surface area contributed by atoms with Crippen LogP contribution in [0.1, 0.15) is 16.7 Å². The summed E-state index contributed by atoms with van der Waals surface area (Å²) in [7, 11) is 0. The van der Waals surface area contributed by atoms with Gasteiger partial charge in [0.1, 0.15) is 12.1 Å². The maximum atomic E-state index is 12.3. The Morgan fingerprint density at radius 1 is 1.13 bits per heavy atom. The van der Waals surface area contributed by atoms with Gasteiger partial charge in [0.15, 0.2) is 0 Å². The van der Waals surface area contributed by atoms with Crippen molar-refractivity contribution in [1.29, 1.82) is 0 Å². The molecule has 0 unspecified atom stereocenters. The second kappa shape index (κ2) is 6.01. The molecule has 0 aliphatic carbocycles. The number of carbonyl (C=O) groups is 1. The lowest BCUT2D eigenvalue weighted by molar-refractivity contribution is -0.116. The van der Waals surface area contributed by atoms with Gasteiger partial charge >= 0.3 is 0 Å². The van der Waals surface area contributed by atoms with E-state index in [9.17, 15) is 4.79 Å². The van der Waals surface area contributed by atoms with Crippen molar-refractivity contribution in [2.45, 2.75) is 27.3 Å². The van der Waals surface area contributed by atoms with Gasteiger partial charge in [-0.1, -0.05) is 22.9 Å². The number of anilines is 1. The number of nitrogens with one attached hydrogen (secondary N) is 1. The molecule has 1 heterocycles. The van der Waals surface area contributed by atoms with Gasteiger partial charge in [-0.05, 0) is 61.7 Å². The number of amides is 1. The summed E-state index contributed by atoms with van der Waals surface area (Å²) in [6.45, 7) is 6.08. The average Bonchev–Trinajstić information content (AvgIpc) is 2.85. The van der Waals surface area contributed by atoms with Crippen molar-refractivity contribution in [1.82, 2.24) is 15.0 Å². The third kappa shape index (κ3) is 3.19. The van der Waals surface area contributed by atoms with Gasteiger partial charge in [0.05, 0.1) is 5.52 Å².